The van der Waals surface area contributed by atoms with Gasteiger partial charge in [0.15, 0.2) is 0 Å². The van der Waals surface area contributed by atoms with Crippen molar-refractivity contribution in [1.29, 1.82) is 0 Å². The Kier molecular flexibility index (Phi) is 3.10. The molecule has 0 atom stereocenters. The lowest BCUT2D eigenvalue weighted by Crippen LogP contribution is -1.97. The van der Waals surface area contributed by atoms with Gasteiger partial charge in [-0.3, -0.25) is 0 Å². The molecule has 0 saturated heterocycles. The summed E-state index contributed by atoms with van der Waals surface area (Å²) < 4.78 is 1.01. The molecular weight excluding hydrogens is 266 g/mol. The second-order valence-corrected chi connectivity index (χ2v) is 4.41. The summed E-state index contributed by atoms with van der Waals surface area (Å²) in [6.45, 7) is 2.05. The molecule has 0 fully saturated rings. The first kappa shape index (κ1) is 11.0. The van der Waals surface area contributed by atoms with Crippen LogP contribution in [0.1, 0.15) is 5.56 Å². The molecule has 0 aliphatic heterocycles. The second-order valence-electron chi connectivity index (χ2n) is 3.56. The van der Waals surface area contributed by atoms with Crippen molar-refractivity contribution in [3.05, 3.63) is 46.4 Å². The van der Waals surface area contributed by atoms with Gasteiger partial charge in [-0.25, -0.2) is 4.98 Å². The third-order valence-electron chi connectivity index (χ3n) is 2.16. The molecule has 2 rings (SSSR count). The van der Waals surface area contributed by atoms with E-state index < -0.39 is 0 Å². The number of nitrogens with two attached hydrogens (primary N) is 1. The SMILES string of the molecule is Cc1ccc(Nc2cccc(N)n2)c(Br)c1. The number of anilines is 3. The van der Waals surface area contributed by atoms with E-state index in [1.54, 1.807) is 6.07 Å². The van der Waals surface area contributed by atoms with Gasteiger partial charge < -0.3 is 11.1 Å². The molecule has 0 radical (unpaired) electrons. The molecule has 0 amide bonds. The number of benzene rings is 1. The lowest BCUT2D eigenvalue weighted by Gasteiger charge is -2.08. The molecule has 0 bridgehead atoms. The molecular formula is C12H12BrN3. The minimum atomic E-state index is 0.508. The fourth-order valence-electron chi connectivity index (χ4n) is 1.38. The van der Waals surface area contributed by atoms with E-state index in [0.717, 1.165) is 16.0 Å². The Balaban J connectivity index is 2.27. The zero-order chi connectivity index (χ0) is 11.5. The zero-order valence-corrected chi connectivity index (χ0v) is 10.5. The predicted octanol–water partition coefficient (Wildman–Crippen LogP) is 3.48. The van der Waals surface area contributed by atoms with Crippen LogP contribution in [-0.2, 0) is 0 Å². The highest BCUT2D eigenvalue weighted by atomic mass is 79.9. The summed E-state index contributed by atoms with van der Waals surface area (Å²) in [6, 6.07) is 11.6. The van der Waals surface area contributed by atoms with Crippen molar-refractivity contribution in [1.82, 2.24) is 4.98 Å². The van der Waals surface area contributed by atoms with Crippen molar-refractivity contribution in [2.45, 2.75) is 6.92 Å². The number of pyridine rings is 1. The van der Waals surface area contributed by atoms with Gasteiger partial charge in [0, 0.05) is 4.47 Å². The molecule has 16 heavy (non-hydrogen) atoms. The number of halogens is 1. The quantitative estimate of drug-likeness (QED) is 0.884. The van der Waals surface area contributed by atoms with Crippen LogP contribution in [0.5, 0.6) is 0 Å². The van der Waals surface area contributed by atoms with Gasteiger partial charge in [0.25, 0.3) is 0 Å². The van der Waals surface area contributed by atoms with Crippen molar-refractivity contribution >= 4 is 33.3 Å². The normalized spacial score (nSPS) is 10.1. The molecule has 1 heterocycles. The molecule has 0 aliphatic carbocycles. The molecule has 1 aromatic carbocycles. The van der Waals surface area contributed by atoms with Crippen LogP contribution in [0.3, 0.4) is 0 Å². The van der Waals surface area contributed by atoms with Crippen LogP contribution < -0.4 is 11.1 Å². The topological polar surface area (TPSA) is 50.9 Å². The van der Waals surface area contributed by atoms with E-state index in [9.17, 15) is 0 Å². The molecule has 82 valence electrons. The summed E-state index contributed by atoms with van der Waals surface area (Å²) in [5.41, 5.74) is 7.79. The first-order valence-electron chi connectivity index (χ1n) is 4.91. The van der Waals surface area contributed by atoms with Crippen molar-refractivity contribution in [3.63, 3.8) is 0 Å². The molecule has 0 spiro atoms. The summed E-state index contributed by atoms with van der Waals surface area (Å²) >= 11 is 3.50. The van der Waals surface area contributed by atoms with Crippen LogP contribution in [0.4, 0.5) is 17.3 Å². The number of aromatic nitrogens is 1. The molecule has 1 aromatic heterocycles. The summed E-state index contributed by atoms with van der Waals surface area (Å²) in [5.74, 6) is 1.25. The van der Waals surface area contributed by atoms with Gasteiger partial charge in [0.05, 0.1) is 5.69 Å². The van der Waals surface area contributed by atoms with Gasteiger partial charge in [-0.2, -0.15) is 0 Å². The number of nitrogens with zero attached hydrogens (tertiary/aromatic N) is 1. The first-order valence-corrected chi connectivity index (χ1v) is 5.70. The van der Waals surface area contributed by atoms with Gasteiger partial charge in [-0.05, 0) is 52.7 Å². The number of aryl methyl sites for hydroxylation is 1. The highest BCUT2D eigenvalue weighted by molar-refractivity contribution is 9.10. The Morgan fingerprint density at radius 2 is 2.06 bits per heavy atom. The number of nitrogen functional groups attached to an aromatic ring is 1. The van der Waals surface area contributed by atoms with E-state index in [0.29, 0.717) is 5.82 Å². The minimum Gasteiger partial charge on any atom is -0.384 e. The van der Waals surface area contributed by atoms with E-state index in [-0.39, 0.29) is 0 Å². The van der Waals surface area contributed by atoms with Crippen molar-refractivity contribution in [2.75, 3.05) is 11.1 Å². The Labute approximate surface area is 103 Å². The highest BCUT2D eigenvalue weighted by Gasteiger charge is 2.01. The van der Waals surface area contributed by atoms with E-state index in [4.69, 9.17) is 5.73 Å². The number of hydrogen-bond donors (Lipinski definition) is 2. The van der Waals surface area contributed by atoms with Crippen molar-refractivity contribution in [2.24, 2.45) is 0 Å². The fraction of sp³-hybridized carbons (Fsp3) is 0.0833. The average Bonchev–Trinajstić information content (AvgIpc) is 2.22. The number of rotatable bonds is 2. The van der Waals surface area contributed by atoms with E-state index in [1.165, 1.54) is 5.56 Å². The monoisotopic (exact) mass is 277 g/mol. The summed E-state index contributed by atoms with van der Waals surface area (Å²) in [7, 11) is 0. The first-order chi connectivity index (χ1) is 7.65. The summed E-state index contributed by atoms with van der Waals surface area (Å²) in [5, 5.41) is 3.20. The van der Waals surface area contributed by atoms with Gasteiger partial charge >= 0.3 is 0 Å². The van der Waals surface area contributed by atoms with Crippen LogP contribution >= 0.6 is 15.9 Å². The second kappa shape index (κ2) is 4.53. The average molecular weight is 278 g/mol. The zero-order valence-electron chi connectivity index (χ0n) is 8.87. The lowest BCUT2D eigenvalue weighted by atomic mass is 10.2. The van der Waals surface area contributed by atoms with Gasteiger partial charge in [-0.15, -0.1) is 0 Å². The van der Waals surface area contributed by atoms with Gasteiger partial charge in [0.2, 0.25) is 0 Å². The van der Waals surface area contributed by atoms with Crippen LogP contribution in [0.15, 0.2) is 40.9 Å². The fourth-order valence-corrected chi connectivity index (χ4v) is 1.97. The van der Waals surface area contributed by atoms with Crippen LogP contribution in [0.2, 0.25) is 0 Å². The lowest BCUT2D eigenvalue weighted by molar-refractivity contribution is 1.31. The van der Waals surface area contributed by atoms with Gasteiger partial charge in [0.1, 0.15) is 11.6 Å². The third kappa shape index (κ3) is 2.52. The van der Waals surface area contributed by atoms with E-state index >= 15 is 0 Å². The van der Waals surface area contributed by atoms with Crippen LogP contribution in [0, 0.1) is 6.92 Å². The van der Waals surface area contributed by atoms with Crippen molar-refractivity contribution < 1.29 is 0 Å². The molecule has 0 aliphatic rings. The van der Waals surface area contributed by atoms with Gasteiger partial charge in [-0.1, -0.05) is 12.1 Å². The summed E-state index contributed by atoms with van der Waals surface area (Å²) in [6.07, 6.45) is 0. The molecule has 3 N–H and O–H groups in total. The number of hydrogen-bond acceptors (Lipinski definition) is 3. The maximum absolute atomic E-state index is 5.61. The Hall–Kier alpha value is -1.55. The molecule has 4 heteroatoms. The molecule has 3 nitrogen and oxygen atoms in total. The predicted molar refractivity (Wildman–Crippen MR) is 70.8 cm³/mol. The molecule has 0 saturated carbocycles. The van der Waals surface area contributed by atoms with Crippen LogP contribution in [-0.4, -0.2) is 4.98 Å². The Morgan fingerprint density at radius 1 is 1.25 bits per heavy atom. The highest BCUT2D eigenvalue weighted by Crippen LogP contribution is 2.26. The smallest absolute Gasteiger partial charge is 0.132 e. The van der Waals surface area contributed by atoms with E-state index in [1.807, 2.05) is 31.2 Å². The summed E-state index contributed by atoms with van der Waals surface area (Å²) in [4.78, 5) is 4.18. The Morgan fingerprint density at radius 3 is 2.75 bits per heavy atom. The van der Waals surface area contributed by atoms with Crippen molar-refractivity contribution in [3.8, 4) is 0 Å². The third-order valence-corrected chi connectivity index (χ3v) is 2.81. The minimum absolute atomic E-state index is 0.508. The van der Waals surface area contributed by atoms with E-state index in [2.05, 4.69) is 32.3 Å². The molecule has 2 aromatic rings. The largest absolute Gasteiger partial charge is 0.384 e. The number of nitrogens with one attached hydrogen (secondary N) is 1. The maximum Gasteiger partial charge on any atom is 0.132 e. The maximum atomic E-state index is 5.61. The standard InChI is InChI=1S/C12H12BrN3/c1-8-5-6-10(9(13)7-8)15-12-4-2-3-11(14)16-12/h2-7H,1H3,(H3,14,15,16). The molecule has 0 unspecified atom stereocenters. The Bertz CT molecular complexity index is 511. The van der Waals surface area contributed by atoms with Crippen LogP contribution in [0.25, 0.3) is 0 Å².